The van der Waals surface area contributed by atoms with Gasteiger partial charge in [-0.3, -0.25) is 9.59 Å². The second-order valence-corrected chi connectivity index (χ2v) is 7.20. The molecule has 5 heteroatoms. The largest absolute Gasteiger partial charge is 0.491 e. The number of carbonyl (C=O) groups is 2. The van der Waals surface area contributed by atoms with E-state index in [4.69, 9.17) is 4.74 Å². The van der Waals surface area contributed by atoms with Crippen LogP contribution in [0.4, 0.5) is 0 Å². The van der Waals surface area contributed by atoms with Crippen LogP contribution >= 0.6 is 0 Å². The maximum atomic E-state index is 12.9. The highest BCUT2D eigenvalue weighted by Gasteiger charge is 2.27. The topological polar surface area (TPSA) is 51.5 Å². The van der Waals surface area contributed by atoms with Gasteiger partial charge >= 0.3 is 0 Å². The van der Waals surface area contributed by atoms with Gasteiger partial charge in [-0.25, -0.2) is 0 Å². The molecule has 1 aliphatic rings. The van der Waals surface area contributed by atoms with E-state index in [0.717, 1.165) is 35.1 Å². The van der Waals surface area contributed by atoms with E-state index in [9.17, 15) is 9.59 Å². The van der Waals surface area contributed by atoms with Gasteiger partial charge < -0.3 is 14.2 Å². The summed E-state index contributed by atoms with van der Waals surface area (Å²) in [5, 5.41) is 0.816. The summed E-state index contributed by atoms with van der Waals surface area (Å²) in [6.45, 7) is 4.44. The SMILES string of the molecule is Cc1ccccc1OCCn1cc(C(=O)C(=O)N2CCCC2)c2ccccc21. The van der Waals surface area contributed by atoms with Gasteiger partial charge in [0.25, 0.3) is 11.7 Å². The standard InChI is InChI=1S/C23H24N2O3/c1-17-8-2-5-11-21(17)28-15-14-25-16-19(18-9-3-4-10-20(18)25)22(26)23(27)24-12-6-7-13-24/h2-5,8-11,16H,6-7,12-15H2,1H3. The Labute approximate surface area is 164 Å². The molecule has 144 valence electrons. The van der Waals surface area contributed by atoms with E-state index >= 15 is 0 Å². The Kier molecular flexibility index (Phi) is 5.15. The van der Waals surface area contributed by atoms with Crippen LogP contribution in [0.3, 0.4) is 0 Å². The molecule has 1 fully saturated rings. The number of benzene rings is 2. The monoisotopic (exact) mass is 376 g/mol. The molecule has 0 radical (unpaired) electrons. The molecule has 28 heavy (non-hydrogen) atoms. The van der Waals surface area contributed by atoms with Crippen molar-refractivity contribution in [3.05, 3.63) is 65.9 Å². The first-order valence-corrected chi connectivity index (χ1v) is 9.75. The molecule has 0 unspecified atom stereocenters. The summed E-state index contributed by atoms with van der Waals surface area (Å²) in [5.74, 6) is 0.0488. The molecule has 0 spiro atoms. The van der Waals surface area contributed by atoms with Crippen molar-refractivity contribution in [2.45, 2.75) is 26.3 Å². The van der Waals surface area contributed by atoms with Gasteiger partial charge in [-0.2, -0.15) is 0 Å². The van der Waals surface area contributed by atoms with Crippen molar-refractivity contribution in [3.8, 4) is 5.75 Å². The van der Waals surface area contributed by atoms with E-state index in [0.29, 0.717) is 31.8 Å². The number of para-hydroxylation sites is 2. The number of amides is 1. The van der Waals surface area contributed by atoms with Gasteiger partial charge in [0.15, 0.2) is 0 Å². The summed E-state index contributed by atoms with van der Waals surface area (Å²) in [7, 11) is 0. The highest BCUT2D eigenvalue weighted by molar-refractivity contribution is 6.44. The van der Waals surface area contributed by atoms with Crippen LogP contribution in [0.5, 0.6) is 5.75 Å². The maximum absolute atomic E-state index is 12.9. The first kappa shape index (κ1) is 18.3. The molecule has 1 saturated heterocycles. The first-order valence-electron chi connectivity index (χ1n) is 9.75. The minimum Gasteiger partial charge on any atom is -0.491 e. The number of nitrogens with zero attached hydrogens (tertiary/aromatic N) is 2. The van der Waals surface area contributed by atoms with E-state index in [1.807, 2.05) is 60.0 Å². The van der Waals surface area contributed by atoms with Gasteiger partial charge in [0, 0.05) is 30.2 Å². The van der Waals surface area contributed by atoms with Crippen molar-refractivity contribution in [3.63, 3.8) is 0 Å². The number of aromatic nitrogens is 1. The molecule has 3 aromatic rings. The van der Waals surface area contributed by atoms with E-state index in [-0.39, 0.29) is 0 Å². The third-order valence-electron chi connectivity index (χ3n) is 5.30. The van der Waals surface area contributed by atoms with Crippen LogP contribution < -0.4 is 4.74 Å². The average Bonchev–Trinajstić information content (AvgIpc) is 3.37. The van der Waals surface area contributed by atoms with Crippen LogP contribution in [-0.2, 0) is 11.3 Å². The molecule has 0 aliphatic carbocycles. The molecule has 2 heterocycles. The van der Waals surface area contributed by atoms with E-state index < -0.39 is 11.7 Å². The molecule has 0 N–H and O–H groups in total. The summed E-state index contributed by atoms with van der Waals surface area (Å²) >= 11 is 0. The van der Waals surface area contributed by atoms with Crippen LogP contribution in [0.2, 0.25) is 0 Å². The number of hydrogen-bond acceptors (Lipinski definition) is 3. The molecule has 0 atom stereocenters. The zero-order chi connectivity index (χ0) is 19.5. The number of ketones is 1. The third kappa shape index (κ3) is 3.52. The normalized spacial score (nSPS) is 13.8. The van der Waals surface area contributed by atoms with Crippen LogP contribution in [0, 0.1) is 6.92 Å². The third-order valence-corrected chi connectivity index (χ3v) is 5.30. The minimum atomic E-state index is -0.420. The average molecular weight is 376 g/mol. The van der Waals surface area contributed by atoms with Gasteiger partial charge in [0.2, 0.25) is 0 Å². The number of ether oxygens (including phenoxy) is 1. The summed E-state index contributed by atoms with van der Waals surface area (Å²) in [6, 6.07) is 15.6. The Morgan fingerprint density at radius 3 is 2.50 bits per heavy atom. The number of aryl methyl sites for hydroxylation is 1. The van der Waals surface area contributed by atoms with Gasteiger partial charge in [0.05, 0.1) is 12.1 Å². The minimum absolute atomic E-state index is 0.392. The summed E-state index contributed by atoms with van der Waals surface area (Å²) in [4.78, 5) is 27.1. The van der Waals surface area contributed by atoms with Crippen LogP contribution in [-0.4, -0.2) is 40.9 Å². The highest BCUT2D eigenvalue weighted by atomic mass is 16.5. The van der Waals surface area contributed by atoms with E-state index in [2.05, 4.69) is 0 Å². The quantitative estimate of drug-likeness (QED) is 0.485. The molecule has 4 rings (SSSR count). The number of carbonyl (C=O) groups excluding carboxylic acids is 2. The smallest absolute Gasteiger partial charge is 0.295 e. The Balaban J connectivity index is 1.55. The summed E-state index contributed by atoms with van der Waals surface area (Å²) in [5.41, 5.74) is 2.50. The van der Waals surface area contributed by atoms with Crippen LogP contribution in [0.1, 0.15) is 28.8 Å². The molecular weight excluding hydrogens is 352 g/mol. The molecule has 1 aromatic heterocycles. The fraction of sp³-hybridized carbons (Fsp3) is 0.304. The van der Waals surface area contributed by atoms with Crippen molar-refractivity contribution in [1.82, 2.24) is 9.47 Å². The Hall–Kier alpha value is -3.08. The predicted molar refractivity (Wildman–Crippen MR) is 109 cm³/mol. The Morgan fingerprint density at radius 2 is 1.71 bits per heavy atom. The van der Waals surface area contributed by atoms with Crippen molar-refractivity contribution in [2.75, 3.05) is 19.7 Å². The molecular formula is C23H24N2O3. The fourth-order valence-electron chi connectivity index (χ4n) is 3.76. The number of hydrogen-bond donors (Lipinski definition) is 0. The van der Waals surface area contributed by atoms with Crippen LogP contribution in [0.25, 0.3) is 10.9 Å². The lowest BCUT2D eigenvalue weighted by molar-refractivity contribution is -0.125. The second kappa shape index (κ2) is 7.89. The first-order chi connectivity index (χ1) is 13.6. The van der Waals surface area contributed by atoms with Crippen molar-refractivity contribution >= 4 is 22.6 Å². The van der Waals surface area contributed by atoms with E-state index in [1.165, 1.54) is 0 Å². The van der Waals surface area contributed by atoms with Gasteiger partial charge in [-0.05, 0) is 37.5 Å². The van der Waals surface area contributed by atoms with Crippen molar-refractivity contribution in [2.24, 2.45) is 0 Å². The summed E-state index contributed by atoms with van der Waals surface area (Å²) < 4.78 is 7.91. The zero-order valence-electron chi connectivity index (χ0n) is 16.1. The number of Topliss-reactive ketones (excluding diaryl/α,β-unsaturated/α-hetero) is 1. The lowest BCUT2D eigenvalue weighted by atomic mass is 10.1. The highest BCUT2D eigenvalue weighted by Crippen LogP contribution is 2.23. The van der Waals surface area contributed by atoms with Gasteiger partial charge in [-0.15, -0.1) is 0 Å². The molecule has 1 aliphatic heterocycles. The molecule has 1 amide bonds. The van der Waals surface area contributed by atoms with Crippen molar-refractivity contribution in [1.29, 1.82) is 0 Å². The predicted octanol–water partition coefficient (Wildman–Crippen LogP) is 3.83. The summed E-state index contributed by atoms with van der Waals surface area (Å²) in [6.07, 6.45) is 3.73. The molecule has 2 aromatic carbocycles. The molecule has 0 saturated carbocycles. The van der Waals surface area contributed by atoms with Gasteiger partial charge in [0.1, 0.15) is 12.4 Å². The Morgan fingerprint density at radius 1 is 1.00 bits per heavy atom. The maximum Gasteiger partial charge on any atom is 0.295 e. The Bertz CT molecular complexity index is 1020. The lowest BCUT2D eigenvalue weighted by Crippen LogP contribution is -2.34. The zero-order valence-corrected chi connectivity index (χ0v) is 16.1. The number of fused-ring (bicyclic) bond motifs is 1. The fourth-order valence-corrected chi connectivity index (χ4v) is 3.76. The van der Waals surface area contributed by atoms with Gasteiger partial charge in [-0.1, -0.05) is 36.4 Å². The van der Waals surface area contributed by atoms with Crippen LogP contribution in [0.15, 0.2) is 54.7 Å². The number of rotatable bonds is 6. The van der Waals surface area contributed by atoms with E-state index in [1.54, 1.807) is 11.1 Å². The number of likely N-dealkylation sites (tertiary alicyclic amines) is 1. The lowest BCUT2D eigenvalue weighted by Gasteiger charge is -2.13. The molecule has 0 bridgehead atoms. The molecule has 5 nitrogen and oxygen atoms in total. The van der Waals surface area contributed by atoms with Crippen molar-refractivity contribution < 1.29 is 14.3 Å². The second-order valence-electron chi connectivity index (χ2n) is 7.20.